The van der Waals surface area contributed by atoms with Crippen LogP contribution in [0.15, 0.2) is 72.9 Å². The maximum atomic E-state index is 13.6. The third-order valence-electron chi connectivity index (χ3n) is 6.81. The Labute approximate surface area is 198 Å². The second-order valence-electron chi connectivity index (χ2n) is 9.65. The zero-order valence-corrected chi connectivity index (χ0v) is 20.1. The Bertz CT molecular complexity index is 1070. The van der Waals surface area contributed by atoms with Gasteiger partial charge in [-0.3, -0.25) is 14.7 Å². The summed E-state index contributed by atoms with van der Waals surface area (Å²) in [5.74, 6) is 0.189. The van der Waals surface area contributed by atoms with Crippen LogP contribution in [0.5, 0.6) is 0 Å². The minimum atomic E-state index is -0.399. The van der Waals surface area contributed by atoms with Gasteiger partial charge in [-0.2, -0.15) is 0 Å². The number of hydrogen-bond donors (Lipinski definition) is 1. The molecule has 0 radical (unpaired) electrons. The molecule has 172 valence electrons. The molecule has 1 aromatic heterocycles. The molecule has 4 heteroatoms. The number of rotatable bonds is 7. The lowest BCUT2D eigenvalue weighted by Gasteiger charge is -2.41. The molecule has 1 aliphatic heterocycles. The van der Waals surface area contributed by atoms with E-state index in [-0.39, 0.29) is 11.9 Å². The Kier molecular flexibility index (Phi) is 7.24. The van der Waals surface area contributed by atoms with Gasteiger partial charge in [0.15, 0.2) is 0 Å². The number of pyridine rings is 1. The van der Waals surface area contributed by atoms with Crippen molar-refractivity contribution in [3.63, 3.8) is 0 Å². The Morgan fingerprint density at radius 2 is 1.64 bits per heavy atom. The molecular weight excluding hydrogens is 406 g/mol. The quantitative estimate of drug-likeness (QED) is 0.533. The fourth-order valence-electron chi connectivity index (χ4n) is 4.94. The number of piperidine rings is 1. The van der Waals surface area contributed by atoms with Crippen molar-refractivity contribution in [1.29, 1.82) is 0 Å². The molecule has 2 heterocycles. The third kappa shape index (κ3) is 5.51. The van der Waals surface area contributed by atoms with E-state index in [0.717, 1.165) is 44.6 Å². The molecule has 1 aliphatic rings. The Morgan fingerprint density at radius 1 is 0.970 bits per heavy atom. The molecule has 0 spiro atoms. The molecule has 1 N–H and O–H groups in total. The number of carbonyl (C=O) groups is 1. The Hall–Kier alpha value is -2.98. The van der Waals surface area contributed by atoms with Crippen molar-refractivity contribution in [2.75, 3.05) is 13.1 Å². The van der Waals surface area contributed by atoms with Crippen LogP contribution in [0.4, 0.5) is 0 Å². The van der Waals surface area contributed by atoms with Crippen LogP contribution in [0.25, 0.3) is 11.1 Å². The maximum absolute atomic E-state index is 13.6. The molecule has 2 aromatic carbocycles. The van der Waals surface area contributed by atoms with Gasteiger partial charge in [-0.15, -0.1) is 0 Å². The van der Waals surface area contributed by atoms with E-state index in [2.05, 4.69) is 76.7 Å². The average Bonchev–Trinajstić information content (AvgIpc) is 2.81. The average molecular weight is 442 g/mol. The molecule has 3 aromatic rings. The minimum Gasteiger partial charge on any atom is -0.353 e. The van der Waals surface area contributed by atoms with Crippen LogP contribution in [0.3, 0.4) is 0 Å². The summed E-state index contributed by atoms with van der Waals surface area (Å²) in [6.07, 6.45) is 4.30. The summed E-state index contributed by atoms with van der Waals surface area (Å²) in [7, 11) is 0. The fourth-order valence-corrected chi connectivity index (χ4v) is 4.94. The van der Waals surface area contributed by atoms with Crippen LogP contribution in [0.1, 0.15) is 43.5 Å². The summed E-state index contributed by atoms with van der Waals surface area (Å²) in [5.41, 5.74) is 5.69. The van der Waals surface area contributed by atoms with E-state index in [1.54, 1.807) is 0 Å². The molecular formula is C29H35N3O. The molecule has 0 saturated carbocycles. The highest BCUT2D eigenvalue weighted by Crippen LogP contribution is 2.39. The predicted octanol–water partition coefficient (Wildman–Crippen LogP) is 5.41. The van der Waals surface area contributed by atoms with Gasteiger partial charge in [-0.25, -0.2) is 0 Å². The molecule has 1 fully saturated rings. The van der Waals surface area contributed by atoms with Gasteiger partial charge in [0.1, 0.15) is 0 Å². The minimum absolute atomic E-state index is 0.132. The molecule has 0 atom stereocenters. The highest BCUT2D eigenvalue weighted by molar-refractivity contribution is 5.84. The summed E-state index contributed by atoms with van der Waals surface area (Å²) < 4.78 is 0. The van der Waals surface area contributed by atoms with Gasteiger partial charge in [0.2, 0.25) is 5.91 Å². The first-order chi connectivity index (χ1) is 16.0. The first-order valence-electron chi connectivity index (χ1n) is 12.0. The number of hydrogen-bond acceptors (Lipinski definition) is 3. The lowest BCUT2D eigenvalue weighted by molar-refractivity contribution is -0.134. The van der Waals surface area contributed by atoms with Crippen LogP contribution >= 0.6 is 0 Å². The molecule has 1 saturated heterocycles. The number of likely N-dealkylation sites (tertiary alicyclic amines) is 1. The fraction of sp³-hybridized carbons (Fsp3) is 0.379. The second-order valence-corrected chi connectivity index (χ2v) is 9.65. The summed E-state index contributed by atoms with van der Waals surface area (Å²) in [5, 5.41) is 3.24. The molecule has 0 aliphatic carbocycles. The number of nitrogens with zero attached hydrogens (tertiary/aromatic N) is 2. The number of benzene rings is 2. The van der Waals surface area contributed by atoms with E-state index in [4.69, 9.17) is 0 Å². The summed E-state index contributed by atoms with van der Waals surface area (Å²) in [6.45, 7) is 8.88. The second kappa shape index (κ2) is 10.3. The van der Waals surface area contributed by atoms with Crippen molar-refractivity contribution in [3.8, 4) is 11.1 Å². The van der Waals surface area contributed by atoms with E-state index < -0.39 is 5.41 Å². The number of aromatic nitrogens is 1. The summed E-state index contributed by atoms with van der Waals surface area (Å²) >= 11 is 0. The number of aryl methyl sites for hydroxylation is 1. The van der Waals surface area contributed by atoms with E-state index >= 15 is 0 Å². The molecule has 0 unspecified atom stereocenters. The molecule has 0 bridgehead atoms. The zero-order valence-electron chi connectivity index (χ0n) is 20.1. The van der Waals surface area contributed by atoms with Crippen LogP contribution in [0, 0.1) is 12.3 Å². The summed E-state index contributed by atoms with van der Waals surface area (Å²) in [4.78, 5) is 20.5. The monoisotopic (exact) mass is 441 g/mol. The van der Waals surface area contributed by atoms with Gasteiger partial charge >= 0.3 is 0 Å². The van der Waals surface area contributed by atoms with Crippen LogP contribution < -0.4 is 5.32 Å². The third-order valence-corrected chi connectivity index (χ3v) is 6.81. The standard InChI is InChI=1S/C29H35N3O/c1-22(2)31-28(33)29(15-18-32(19-16-29)21-25-12-8-9-17-30-25)20-24-11-5-7-14-27(24)26-13-6-4-10-23(26)3/h4-14,17,22H,15-16,18-21H2,1-3H3,(H,31,33). The van der Waals surface area contributed by atoms with Gasteiger partial charge in [0, 0.05) is 18.8 Å². The van der Waals surface area contributed by atoms with Crippen molar-refractivity contribution in [3.05, 3.63) is 89.7 Å². The van der Waals surface area contributed by atoms with Gasteiger partial charge in [-0.1, -0.05) is 54.6 Å². The zero-order chi connectivity index (χ0) is 23.3. The first kappa shape index (κ1) is 23.2. The van der Waals surface area contributed by atoms with Crippen molar-refractivity contribution in [2.24, 2.45) is 5.41 Å². The smallest absolute Gasteiger partial charge is 0.226 e. The highest BCUT2D eigenvalue weighted by Gasteiger charge is 2.42. The number of amides is 1. The lowest BCUT2D eigenvalue weighted by atomic mass is 9.71. The van der Waals surface area contributed by atoms with Gasteiger partial charge in [-0.05, 0) is 87.5 Å². The van der Waals surface area contributed by atoms with Crippen molar-refractivity contribution in [1.82, 2.24) is 15.2 Å². The molecule has 4 nitrogen and oxygen atoms in total. The normalized spacial score (nSPS) is 16.0. The van der Waals surface area contributed by atoms with E-state index in [9.17, 15) is 4.79 Å². The van der Waals surface area contributed by atoms with Gasteiger partial charge < -0.3 is 5.32 Å². The molecule has 1 amide bonds. The van der Waals surface area contributed by atoms with Crippen LogP contribution in [-0.4, -0.2) is 34.9 Å². The first-order valence-corrected chi connectivity index (χ1v) is 12.0. The van der Waals surface area contributed by atoms with Crippen molar-refractivity contribution >= 4 is 5.91 Å². The maximum Gasteiger partial charge on any atom is 0.226 e. The van der Waals surface area contributed by atoms with E-state index in [1.807, 2.05) is 32.2 Å². The van der Waals surface area contributed by atoms with E-state index in [1.165, 1.54) is 22.3 Å². The van der Waals surface area contributed by atoms with Gasteiger partial charge in [0.05, 0.1) is 11.1 Å². The van der Waals surface area contributed by atoms with Crippen molar-refractivity contribution < 1.29 is 4.79 Å². The predicted molar refractivity (Wildman–Crippen MR) is 135 cm³/mol. The van der Waals surface area contributed by atoms with E-state index in [0.29, 0.717) is 0 Å². The number of carbonyl (C=O) groups excluding carboxylic acids is 1. The largest absolute Gasteiger partial charge is 0.353 e. The highest BCUT2D eigenvalue weighted by atomic mass is 16.2. The SMILES string of the molecule is Cc1ccccc1-c1ccccc1CC1(C(=O)NC(C)C)CCN(Cc2ccccn2)CC1. The van der Waals surface area contributed by atoms with Crippen molar-refractivity contribution in [2.45, 2.75) is 52.6 Å². The lowest BCUT2D eigenvalue weighted by Crippen LogP contribution is -2.51. The topological polar surface area (TPSA) is 45.2 Å². The summed E-state index contributed by atoms with van der Waals surface area (Å²) in [6, 6.07) is 23.3. The van der Waals surface area contributed by atoms with Crippen LogP contribution in [-0.2, 0) is 17.8 Å². The Morgan fingerprint density at radius 3 is 2.30 bits per heavy atom. The van der Waals surface area contributed by atoms with Gasteiger partial charge in [0.25, 0.3) is 0 Å². The van der Waals surface area contributed by atoms with Crippen LogP contribution in [0.2, 0.25) is 0 Å². The Balaban J connectivity index is 1.59. The molecule has 4 rings (SSSR count). The molecule has 33 heavy (non-hydrogen) atoms. The number of nitrogens with one attached hydrogen (secondary N) is 1.